The fourth-order valence-electron chi connectivity index (χ4n) is 3.32. The van der Waals surface area contributed by atoms with Gasteiger partial charge in [0.2, 0.25) is 5.91 Å². The molecule has 0 spiro atoms. The molecule has 6 heteroatoms. The van der Waals surface area contributed by atoms with Crippen LogP contribution in [0.4, 0.5) is 0 Å². The lowest BCUT2D eigenvalue weighted by Gasteiger charge is -2.28. The van der Waals surface area contributed by atoms with E-state index in [4.69, 9.17) is 22.1 Å². The number of ketones is 1. The Morgan fingerprint density at radius 3 is 2.91 bits per heavy atom. The summed E-state index contributed by atoms with van der Waals surface area (Å²) in [5.41, 5.74) is 6.07. The van der Waals surface area contributed by atoms with E-state index >= 15 is 0 Å². The van der Waals surface area contributed by atoms with Crippen molar-refractivity contribution in [2.45, 2.75) is 43.4 Å². The van der Waals surface area contributed by atoms with Gasteiger partial charge >= 0.3 is 0 Å². The number of carbonyl (C=O) groups excluding carboxylic acids is 2. The summed E-state index contributed by atoms with van der Waals surface area (Å²) >= 11 is 5.84. The minimum absolute atomic E-state index is 0.0398. The zero-order valence-electron chi connectivity index (χ0n) is 12.2. The van der Waals surface area contributed by atoms with Gasteiger partial charge in [0.25, 0.3) is 0 Å². The highest BCUT2D eigenvalue weighted by molar-refractivity contribution is 6.30. The summed E-state index contributed by atoms with van der Waals surface area (Å²) in [6, 6.07) is 6.51. The summed E-state index contributed by atoms with van der Waals surface area (Å²) in [4.78, 5) is 24.5. The van der Waals surface area contributed by atoms with Crippen molar-refractivity contribution < 1.29 is 14.3 Å². The second kappa shape index (κ2) is 5.99. The number of nitrogens with two attached hydrogens (primary N) is 1. The molecule has 1 aromatic carbocycles. The SMILES string of the molecule is NC(Cc1ccc(Cl)cc1)C(=O)NC12CCCC1OCC2=O. The number of Topliss-reactive ketones (excluding diaryl/α,β-unsaturated/α-hetero) is 1. The lowest BCUT2D eigenvalue weighted by atomic mass is 9.91. The number of hydrogen-bond acceptors (Lipinski definition) is 4. The second-order valence-corrected chi connectivity index (χ2v) is 6.45. The predicted octanol–water partition coefficient (Wildman–Crippen LogP) is 1.22. The molecule has 1 aliphatic carbocycles. The Bertz CT molecular complexity index is 590. The number of rotatable bonds is 4. The first kappa shape index (κ1) is 15.5. The molecule has 1 amide bonds. The maximum atomic E-state index is 12.4. The molecular weight excluding hydrogens is 304 g/mol. The second-order valence-electron chi connectivity index (χ2n) is 6.01. The van der Waals surface area contributed by atoms with Gasteiger partial charge in [0, 0.05) is 5.02 Å². The van der Waals surface area contributed by atoms with Crippen LogP contribution in [0.5, 0.6) is 0 Å². The Balaban J connectivity index is 1.66. The number of ether oxygens (including phenoxy) is 1. The van der Waals surface area contributed by atoms with Gasteiger partial charge in [0.05, 0.1) is 12.1 Å². The van der Waals surface area contributed by atoms with Crippen molar-refractivity contribution in [2.75, 3.05) is 6.61 Å². The van der Waals surface area contributed by atoms with Crippen LogP contribution in [0.3, 0.4) is 0 Å². The third-order valence-corrected chi connectivity index (χ3v) is 4.80. The first-order valence-corrected chi connectivity index (χ1v) is 7.86. The monoisotopic (exact) mass is 322 g/mol. The van der Waals surface area contributed by atoms with Crippen molar-refractivity contribution >= 4 is 23.3 Å². The molecule has 118 valence electrons. The van der Waals surface area contributed by atoms with E-state index in [0.29, 0.717) is 17.9 Å². The number of halogens is 1. The topological polar surface area (TPSA) is 81.4 Å². The van der Waals surface area contributed by atoms with Crippen molar-refractivity contribution in [2.24, 2.45) is 5.73 Å². The number of nitrogens with one attached hydrogen (secondary N) is 1. The van der Waals surface area contributed by atoms with Gasteiger partial charge in [-0.15, -0.1) is 0 Å². The molecule has 0 radical (unpaired) electrons. The lowest BCUT2D eigenvalue weighted by Crippen LogP contribution is -2.59. The average molecular weight is 323 g/mol. The third-order valence-electron chi connectivity index (χ3n) is 4.55. The van der Waals surface area contributed by atoms with Crippen molar-refractivity contribution in [1.29, 1.82) is 0 Å². The van der Waals surface area contributed by atoms with Gasteiger partial charge in [-0.1, -0.05) is 23.7 Å². The van der Waals surface area contributed by atoms with Crippen LogP contribution < -0.4 is 11.1 Å². The van der Waals surface area contributed by atoms with Crippen molar-refractivity contribution in [1.82, 2.24) is 5.32 Å². The Kier molecular flexibility index (Phi) is 4.21. The molecule has 0 aromatic heterocycles. The normalized spacial score (nSPS) is 28.5. The van der Waals surface area contributed by atoms with Gasteiger partial charge in [-0.2, -0.15) is 0 Å². The predicted molar refractivity (Wildman–Crippen MR) is 82.6 cm³/mol. The molecule has 0 bridgehead atoms. The molecule has 3 rings (SSSR count). The van der Waals surface area contributed by atoms with Crippen LogP contribution in [0.15, 0.2) is 24.3 Å². The standard InChI is InChI=1S/C16H19ClN2O3/c17-11-5-3-10(4-6-11)8-12(18)15(21)19-16-7-1-2-14(16)22-9-13(16)20/h3-6,12,14H,1-2,7-9,18H2,(H,19,21). The van der Waals surface area contributed by atoms with E-state index in [2.05, 4.69) is 5.32 Å². The number of carbonyl (C=O) groups is 2. The molecular formula is C16H19ClN2O3. The smallest absolute Gasteiger partial charge is 0.238 e. The number of fused-ring (bicyclic) bond motifs is 1. The Morgan fingerprint density at radius 2 is 2.18 bits per heavy atom. The van der Waals surface area contributed by atoms with E-state index in [1.54, 1.807) is 12.1 Å². The van der Waals surface area contributed by atoms with Crippen molar-refractivity contribution in [3.05, 3.63) is 34.9 Å². The first-order chi connectivity index (χ1) is 10.5. The Hall–Kier alpha value is -1.43. The summed E-state index contributed by atoms with van der Waals surface area (Å²) in [7, 11) is 0. The fourth-order valence-corrected chi connectivity index (χ4v) is 3.44. The Morgan fingerprint density at radius 1 is 1.45 bits per heavy atom. The molecule has 1 saturated heterocycles. The summed E-state index contributed by atoms with van der Waals surface area (Å²) < 4.78 is 5.48. The number of amides is 1. The third kappa shape index (κ3) is 2.76. The van der Waals surface area contributed by atoms with E-state index in [0.717, 1.165) is 18.4 Å². The van der Waals surface area contributed by atoms with Gasteiger partial charge in [-0.05, 0) is 43.4 Å². The molecule has 3 N–H and O–H groups in total. The van der Waals surface area contributed by atoms with Gasteiger partial charge in [0.1, 0.15) is 12.1 Å². The maximum Gasteiger partial charge on any atom is 0.238 e. The summed E-state index contributed by atoms with van der Waals surface area (Å²) in [6.07, 6.45) is 2.52. The summed E-state index contributed by atoms with van der Waals surface area (Å²) in [6.45, 7) is 0.0807. The fraction of sp³-hybridized carbons (Fsp3) is 0.500. The van der Waals surface area contributed by atoms with Crippen molar-refractivity contribution in [3.63, 3.8) is 0 Å². The maximum absolute atomic E-state index is 12.4. The van der Waals surface area contributed by atoms with Crippen LogP contribution in [0.25, 0.3) is 0 Å². The van der Waals surface area contributed by atoms with Crippen LogP contribution >= 0.6 is 11.6 Å². The van der Waals surface area contributed by atoms with E-state index in [1.165, 1.54) is 0 Å². The van der Waals surface area contributed by atoms with Gasteiger partial charge in [0.15, 0.2) is 5.78 Å². The minimum atomic E-state index is -0.852. The van der Waals surface area contributed by atoms with E-state index < -0.39 is 11.6 Å². The lowest BCUT2D eigenvalue weighted by molar-refractivity contribution is -0.130. The van der Waals surface area contributed by atoms with Crippen LogP contribution in [-0.2, 0) is 20.7 Å². The average Bonchev–Trinajstić information content (AvgIpc) is 3.02. The van der Waals surface area contributed by atoms with E-state index in [1.807, 2.05) is 12.1 Å². The largest absolute Gasteiger partial charge is 0.367 e. The van der Waals surface area contributed by atoms with Gasteiger partial charge in [-0.3, -0.25) is 9.59 Å². The molecule has 2 aliphatic rings. The molecule has 22 heavy (non-hydrogen) atoms. The van der Waals surface area contributed by atoms with Crippen LogP contribution in [0.2, 0.25) is 5.02 Å². The number of benzene rings is 1. The highest BCUT2D eigenvalue weighted by Crippen LogP contribution is 2.37. The van der Waals surface area contributed by atoms with Gasteiger partial charge in [-0.25, -0.2) is 0 Å². The highest BCUT2D eigenvalue weighted by atomic mass is 35.5. The van der Waals surface area contributed by atoms with Gasteiger partial charge < -0.3 is 15.8 Å². The van der Waals surface area contributed by atoms with Crippen LogP contribution in [0.1, 0.15) is 24.8 Å². The molecule has 3 unspecified atom stereocenters. The van der Waals surface area contributed by atoms with Crippen molar-refractivity contribution in [3.8, 4) is 0 Å². The summed E-state index contributed by atoms with van der Waals surface area (Å²) in [5, 5.41) is 3.51. The molecule has 5 nitrogen and oxygen atoms in total. The van der Waals surface area contributed by atoms with Crippen LogP contribution in [-0.4, -0.2) is 36.0 Å². The molecule has 1 aromatic rings. The minimum Gasteiger partial charge on any atom is -0.367 e. The van der Waals surface area contributed by atoms with E-state index in [-0.39, 0.29) is 24.4 Å². The zero-order valence-corrected chi connectivity index (χ0v) is 12.9. The molecule has 1 aliphatic heterocycles. The number of hydrogen-bond donors (Lipinski definition) is 2. The molecule has 2 fully saturated rings. The molecule has 1 saturated carbocycles. The van der Waals surface area contributed by atoms with E-state index in [9.17, 15) is 9.59 Å². The first-order valence-electron chi connectivity index (χ1n) is 7.48. The molecule has 3 atom stereocenters. The molecule has 1 heterocycles. The zero-order chi connectivity index (χ0) is 15.7. The highest BCUT2D eigenvalue weighted by Gasteiger charge is 2.55. The quantitative estimate of drug-likeness (QED) is 0.873. The van der Waals surface area contributed by atoms with Crippen LogP contribution in [0, 0.1) is 0 Å². The summed E-state index contributed by atoms with van der Waals surface area (Å²) in [5.74, 6) is -0.345. The Labute approximate surface area is 134 Å².